The number of ether oxygens (including phenoxy) is 2. The van der Waals surface area contributed by atoms with Crippen LogP contribution in [0.5, 0.6) is 5.75 Å². The second kappa shape index (κ2) is 11.5. The fraction of sp³-hybridized carbons (Fsp3) is 0.632. The topological polar surface area (TPSA) is 84.9 Å². The Morgan fingerprint density at radius 1 is 1.25 bits per heavy atom. The summed E-state index contributed by atoms with van der Waals surface area (Å²) in [5, 5.41) is 2.69. The number of carbonyl (C=O) groups is 1. The van der Waals surface area contributed by atoms with E-state index in [9.17, 15) is 13.2 Å². The van der Waals surface area contributed by atoms with Crippen molar-refractivity contribution in [1.82, 2.24) is 9.62 Å². The van der Waals surface area contributed by atoms with Gasteiger partial charge in [-0.05, 0) is 55.7 Å². The molecule has 0 saturated carbocycles. The molecule has 0 aliphatic carbocycles. The van der Waals surface area contributed by atoms with E-state index in [0.29, 0.717) is 31.3 Å². The molecule has 0 aromatic heterocycles. The minimum Gasteiger partial charge on any atom is -0.497 e. The van der Waals surface area contributed by atoms with Crippen molar-refractivity contribution >= 4 is 27.9 Å². The first-order valence-corrected chi connectivity index (χ1v) is 12.0. The van der Waals surface area contributed by atoms with E-state index in [1.165, 1.54) is 16.1 Å². The lowest BCUT2D eigenvalue weighted by molar-refractivity contribution is 0.151. The molecule has 9 heteroatoms. The van der Waals surface area contributed by atoms with Crippen molar-refractivity contribution in [3.05, 3.63) is 24.3 Å². The lowest BCUT2D eigenvalue weighted by atomic mass is 9.88. The second-order valence-corrected chi connectivity index (χ2v) is 9.90. The number of hydrogen-bond donors (Lipinski definition) is 1. The molecule has 1 aromatic carbocycles. The molecule has 1 aromatic rings. The summed E-state index contributed by atoms with van der Waals surface area (Å²) in [5.74, 6) is 0.989. The zero-order valence-electron chi connectivity index (χ0n) is 17.4. The van der Waals surface area contributed by atoms with Gasteiger partial charge in [0.1, 0.15) is 5.75 Å². The molecule has 0 spiro atoms. The highest BCUT2D eigenvalue weighted by Gasteiger charge is 2.30. The molecule has 1 rings (SSSR count). The molecule has 0 radical (unpaired) electrons. The number of nitrogens with one attached hydrogen (secondary N) is 1. The van der Waals surface area contributed by atoms with E-state index in [1.54, 1.807) is 38.3 Å². The van der Waals surface area contributed by atoms with Crippen LogP contribution in [0.15, 0.2) is 29.2 Å². The number of benzene rings is 1. The normalized spacial score (nSPS) is 12.1. The summed E-state index contributed by atoms with van der Waals surface area (Å²) in [6.07, 6.45) is 2.96. The molecule has 0 atom stereocenters. The van der Waals surface area contributed by atoms with Gasteiger partial charge in [0.05, 0.1) is 24.5 Å². The number of nitrogens with zero attached hydrogens (tertiary/aromatic N) is 1. The maximum atomic E-state index is 13.1. The quantitative estimate of drug-likeness (QED) is 0.402. The van der Waals surface area contributed by atoms with Gasteiger partial charge in [-0.15, -0.1) is 11.8 Å². The van der Waals surface area contributed by atoms with Crippen molar-refractivity contribution in [3.63, 3.8) is 0 Å². The van der Waals surface area contributed by atoms with E-state index >= 15 is 0 Å². The van der Waals surface area contributed by atoms with Gasteiger partial charge in [-0.2, -0.15) is 4.31 Å². The molecule has 160 valence electrons. The van der Waals surface area contributed by atoms with Gasteiger partial charge in [0, 0.05) is 13.1 Å². The molecule has 0 heterocycles. The van der Waals surface area contributed by atoms with E-state index in [-0.39, 0.29) is 10.3 Å². The van der Waals surface area contributed by atoms with Gasteiger partial charge in [0.25, 0.3) is 0 Å². The minimum atomic E-state index is -3.61. The zero-order valence-corrected chi connectivity index (χ0v) is 19.0. The summed E-state index contributed by atoms with van der Waals surface area (Å²) in [6.45, 7) is 7.05. The molecule has 0 unspecified atom stereocenters. The van der Waals surface area contributed by atoms with E-state index in [2.05, 4.69) is 5.32 Å². The van der Waals surface area contributed by atoms with Crippen LogP contribution in [0.2, 0.25) is 0 Å². The van der Waals surface area contributed by atoms with Crippen molar-refractivity contribution in [2.45, 2.75) is 38.5 Å². The van der Waals surface area contributed by atoms with Crippen LogP contribution in [-0.2, 0) is 14.8 Å². The number of sulfonamides is 1. The lowest BCUT2D eigenvalue weighted by Crippen LogP contribution is -2.39. The molecule has 28 heavy (non-hydrogen) atoms. The van der Waals surface area contributed by atoms with E-state index in [0.717, 1.165) is 12.8 Å². The predicted octanol–water partition coefficient (Wildman–Crippen LogP) is 3.56. The van der Waals surface area contributed by atoms with Crippen molar-refractivity contribution < 1.29 is 22.7 Å². The van der Waals surface area contributed by atoms with Crippen LogP contribution in [0.4, 0.5) is 4.79 Å². The molecule has 0 bridgehead atoms. The summed E-state index contributed by atoms with van der Waals surface area (Å²) in [5.41, 5.74) is -0.244. The van der Waals surface area contributed by atoms with Crippen LogP contribution in [0, 0.1) is 5.41 Å². The Labute approximate surface area is 173 Å². The van der Waals surface area contributed by atoms with Gasteiger partial charge in [-0.1, -0.05) is 13.8 Å². The van der Waals surface area contributed by atoms with E-state index in [4.69, 9.17) is 9.47 Å². The van der Waals surface area contributed by atoms with Gasteiger partial charge in [-0.3, -0.25) is 0 Å². The Hall–Kier alpha value is -1.45. The average molecular weight is 433 g/mol. The zero-order chi connectivity index (χ0) is 21.2. The molecular weight excluding hydrogens is 400 g/mol. The number of rotatable bonds is 12. The van der Waals surface area contributed by atoms with Crippen LogP contribution >= 0.6 is 11.8 Å². The molecule has 7 nitrogen and oxygen atoms in total. The SMILES string of the molecule is CCOC(=O)NCCCC(C)(C)CN(CSC)S(=O)(=O)c1ccc(OC)cc1. The molecular formula is C19H32N2O5S2. The summed E-state index contributed by atoms with van der Waals surface area (Å²) < 4.78 is 37.6. The van der Waals surface area contributed by atoms with Gasteiger partial charge < -0.3 is 14.8 Å². The minimum absolute atomic E-state index is 0.244. The Balaban J connectivity index is 2.76. The largest absolute Gasteiger partial charge is 0.497 e. The summed E-state index contributed by atoms with van der Waals surface area (Å²) in [6, 6.07) is 6.43. The first-order chi connectivity index (χ1) is 13.2. The summed E-state index contributed by atoms with van der Waals surface area (Å²) in [4.78, 5) is 11.6. The number of hydrogen-bond acceptors (Lipinski definition) is 6. The summed E-state index contributed by atoms with van der Waals surface area (Å²) >= 11 is 1.47. The lowest BCUT2D eigenvalue weighted by Gasteiger charge is -2.32. The highest BCUT2D eigenvalue weighted by atomic mass is 32.2. The maximum absolute atomic E-state index is 13.1. The first kappa shape index (κ1) is 24.6. The monoisotopic (exact) mass is 432 g/mol. The van der Waals surface area contributed by atoms with E-state index in [1.807, 2.05) is 20.1 Å². The second-order valence-electron chi connectivity index (χ2n) is 7.12. The third kappa shape index (κ3) is 7.89. The third-order valence-corrected chi connectivity index (χ3v) is 6.69. The van der Waals surface area contributed by atoms with Gasteiger partial charge in [0.2, 0.25) is 10.0 Å². The van der Waals surface area contributed by atoms with Crippen LogP contribution in [0.25, 0.3) is 0 Å². The fourth-order valence-electron chi connectivity index (χ4n) is 2.74. The van der Waals surface area contributed by atoms with Crippen LogP contribution in [0.3, 0.4) is 0 Å². The van der Waals surface area contributed by atoms with Crippen LogP contribution in [0.1, 0.15) is 33.6 Å². The highest BCUT2D eigenvalue weighted by molar-refractivity contribution is 7.99. The number of alkyl carbamates (subject to hydrolysis) is 1. The maximum Gasteiger partial charge on any atom is 0.407 e. The van der Waals surface area contributed by atoms with Gasteiger partial charge >= 0.3 is 6.09 Å². The molecule has 0 saturated heterocycles. The third-order valence-electron chi connectivity index (χ3n) is 4.15. The number of thioether (sulfide) groups is 1. The van der Waals surface area contributed by atoms with E-state index < -0.39 is 16.1 Å². The van der Waals surface area contributed by atoms with Crippen LogP contribution in [-0.4, -0.2) is 57.8 Å². The molecule has 1 amide bonds. The van der Waals surface area contributed by atoms with Crippen molar-refractivity contribution in [1.29, 1.82) is 0 Å². The summed E-state index contributed by atoms with van der Waals surface area (Å²) in [7, 11) is -2.06. The number of methoxy groups -OCH3 is 1. The first-order valence-electron chi connectivity index (χ1n) is 9.20. The average Bonchev–Trinajstić information content (AvgIpc) is 2.65. The molecule has 0 aliphatic rings. The Morgan fingerprint density at radius 2 is 1.89 bits per heavy atom. The van der Waals surface area contributed by atoms with Crippen molar-refractivity contribution in [2.24, 2.45) is 5.41 Å². The van der Waals surface area contributed by atoms with Crippen molar-refractivity contribution in [2.75, 3.05) is 38.9 Å². The number of carbonyl (C=O) groups excluding carboxylic acids is 1. The molecule has 0 aliphatic heterocycles. The van der Waals surface area contributed by atoms with Crippen molar-refractivity contribution in [3.8, 4) is 5.75 Å². The Morgan fingerprint density at radius 3 is 2.43 bits per heavy atom. The standard InChI is InChI=1S/C19H32N2O5S2/c1-6-26-18(22)20-13-7-12-19(2,3)14-21(15-27-5)28(23,24)17-10-8-16(25-4)9-11-17/h8-11H,6-7,12-15H2,1-5H3,(H,20,22). The van der Waals surface area contributed by atoms with Crippen LogP contribution < -0.4 is 10.1 Å². The predicted molar refractivity (Wildman–Crippen MR) is 113 cm³/mol. The molecule has 0 fully saturated rings. The number of amides is 1. The smallest absolute Gasteiger partial charge is 0.407 e. The van der Waals surface area contributed by atoms with Gasteiger partial charge in [-0.25, -0.2) is 13.2 Å². The molecule has 1 N–H and O–H groups in total. The fourth-order valence-corrected chi connectivity index (χ4v) is 5.28. The van der Waals surface area contributed by atoms with Gasteiger partial charge in [0.15, 0.2) is 0 Å². The highest BCUT2D eigenvalue weighted by Crippen LogP contribution is 2.28. The Bertz CT molecular complexity index is 706. The Kier molecular flexibility index (Phi) is 10.1.